The summed E-state index contributed by atoms with van der Waals surface area (Å²) in [5.41, 5.74) is 4.94. The second-order valence-corrected chi connectivity index (χ2v) is 8.85. The SMILES string of the molecule is COc1ccc(OC)c(-n2c(-c3ccccc3)cc(C(=O)NCCc3ccc(Cl)cc3Cl)c2C)c1. The van der Waals surface area contributed by atoms with Crippen molar-refractivity contribution in [3.63, 3.8) is 0 Å². The molecule has 5 nitrogen and oxygen atoms in total. The van der Waals surface area contributed by atoms with Gasteiger partial charge in [-0.3, -0.25) is 4.79 Å². The van der Waals surface area contributed by atoms with Gasteiger partial charge >= 0.3 is 0 Å². The Labute approximate surface area is 215 Å². The van der Waals surface area contributed by atoms with Crippen molar-refractivity contribution in [3.05, 3.63) is 99.7 Å². The molecule has 35 heavy (non-hydrogen) atoms. The molecule has 1 aromatic heterocycles. The van der Waals surface area contributed by atoms with Crippen LogP contribution in [0, 0.1) is 6.92 Å². The molecule has 1 heterocycles. The number of hydrogen-bond donors (Lipinski definition) is 1. The third kappa shape index (κ3) is 5.31. The van der Waals surface area contributed by atoms with Gasteiger partial charge in [0.2, 0.25) is 0 Å². The lowest BCUT2D eigenvalue weighted by molar-refractivity contribution is 0.0953. The summed E-state index contributed by atoms with van der Waals surface area (Å²) in [5, 5.41) is 4.20. The number of rotatable bonds is 8. The molecule has 0 fully saturated rings. The van der Waals surface area contributed by atoms with Gasteiger partial charge in [0, 0.05) is 28.4 Å². The van der Waals surface area contributed by atoms with Gasteiger partial charge in [-0.25, -0.2) is 0 Å². The van der Waals surface area contributed by atoms with Crippen molar-refractivity contribution in [3.8, 4) is 28.4 Å². The van der Waals surface area contributed by atoms with Crippen LogP contribution in [0.2, 0.25) is 10.0 Å². The van der Waals surface area contributed by atoms with Crippen LogP contribution in [0.15, 0.2) is 72.8 Å². The number of benzene rings is 3. The summed E-state index contributed by atoms with van der Waals surface area (Å²) < 4.78 is 13.1. The van der Waals surface area contributed by atoms with Crippen molar-refractivity contribution in [1.82, 2.24) is 9.88 Å². The number of nitrogens with one attached hydrogen (secondary N) is 1. The van der Waals surface area contributed by atoms with E-state index in [2.05, 4.69) is 5.32 Å². The molecule has 0 atom stereocenters. The predicted molar refractivity (Wildman–Crippen MR) is 142 cm³/mol. The van der Waals surface area contributed by atoms with Gasteiger partial charge < -0.3 is 19.4 Å². The summed E-state index contributed by atoms with van der Waals surface area (Å²) in [6, 6.07) is 22.8. The molecule has 7 heteroatoms. The molecule has 4 rings (SSSR count). The van der Waals surface area contributed by atoms with Gasteiger partial charge in [-0.2, -0.15) is 0 Å². The number of halogens is 2. The van der Waals surface area contributed by atoms with Crippen molar-refractivity contribution in [1.29, 1.82) is 0 Å². The van der Waals surface area contributed by atoms with Gasteiger partial charge in [0.25, 0.3) is 5.91 Å². The highest BCUT2D eigenvalue weighted by Gasteiger charge is 2.22. The minimum absolute atomic E-state index is 0.162. The van der Waals surface area contributed by atoms with Gasteiger partial charge in [-0.15, -0.1) is 0 Å². The largest absolute Gasteiger partial charge is 0.497 e. The molecule has 1 amide bonds. The van der Waals surface area contributed by atoms with Crippen molar-refractivity contribution in [2.45, 2.75) is 13.3 Å². The summed E-state index contributed by atoms with van der Waals surface area (Å²) >= 11 is 12.3. The van der Waals surface area contributed by atoms with Gasteiger partial charge in [0.15, 0.2) is 0 Å². The summed E-state index contributed by atoms with van der Waals surface area (Å²) in [4.78, 5) is 13.3. The minimum Gasteiger partial charge on any atom is -0.497 e. The molecule has 0 saturated carbocycles. The van der Waals surface area contributed by atoms with E-state index >= 15 is 0 Å². The number of carbonyl (C=O) groups excluding carboxylic acids is 1. The Kier molecular flexibility index (Phi) is 7.69. The van der Waals surface area contributed by atoms with Crippen molar-refractivity contribution in [2.75, 3.05) is 20.8 Å². The second kappa shape index (κ2) is 10.9. The maximum Gasteiger partial charge on any atom is 0.253 e. The molecule has 0 aliphatic rings. The summed E-state index contributed by atoms with van der Waals surface area (Å²) in [5.74, 6) is 1.20. The lowest BCUT2D eigenvalue weighted by Crippen LogP contribution is -2.26. The standard InChI is InChI=1S/C28H26Cl2N2O3/c1-18-23(28(33)31-14-13-19-9-10-21(29)15-24(19)30)17-25(20-7-5-4-6-8-20)32(18)26-16-22(34-2)11-12-27(26)35-3/h4-12,15-17H,13-14H2,1-3H3,(H,31,33). The Hall–Kier alpha value is -3.41. The van der Waals surface area contributed by atoms with Crippen LogP contribution in [0.3, 0.4) is 0 Å². The molecule has 0 saturated heterocycles. The number of ether oxygens (including phenoxy) is 2. The van der Waals surface area contributed by atoms with Crippen LogP contribution < -0.4 is 14.8 Å². The maximum absolute atomic E-state index is 13.3. The number of amides is 1. The fourth-order valence-electron chi connectivity index (χ4n) is 4.07. The predicted octanol–water partition coefficient (Wildman–Crippen LogP) is 6.75. The monoisotopic (exact) mass is 508 g/mol. The van der Waals surface area contributed by atoms with E-state index in [4.69, 9.17) is 32.7 Å². The Balaban J connectivity index is 1.70. The zero-order valence-electron chi connectivity index (χ0n) is 19.8. The van der Waals surface area contributed by atoms with Crippen LogP contribution in [-0.2, 0) is 6.42 Å². The zero-order chi connectivity index (χ0) is 24.9. The van der Waals surface area contributed by atoms with Crippen LogP contribution in [-0.4, -0.2) is 31.2 Å². The second-order valence-electron chi connectivity index (χ2n) is 8.01. The van der Waals surface area contributed by atoms with E-state index in [1.807, 2.05) is 72.2 Å². The van der Waals surface area contributed by atoms with Crippen molar-refractivity contribution < 1.29 is 14.3 Å². The Morgan fingerprint density at radius 2 is 1.71 bits per heavy atom. The molecule has 4 aromatic rings. The van der Waals surface area contributed by atoms with E-state index < -0.39 is 0 Å². The first-order valence-electron chi connectivity index (χ1n) is 11.1. The number of methoxy groups -OCH3 is 2. The Morgan fingerprint density at radius 1 is 0.943 bits per heavy atom. The van der Waals surface area contributed by atoms with E-state index in [9.17, 15) is 4.79 Å². The highest BCUT2D eigenvalue weighted by molar-refractivity contribution is 6.35. The van der Waals surface area contributed by atoms with Crippen LogP contribution in [0.4, 0.5) is 0 Å². The molecule has 0 aliphatic carbocycles. The Bertz CT molecular complexity index is 1350. The van der Waals surface area contributed by atoms with E-state index in [0.717, 1.165) is 28.2 Å². The van der Waals surface area contributed by atoms with Crippen LogP contribution in [0.25, 0.3) is 16.9 Å². The van der Waals surface area contributed by atoms with Gasteiger partial charge in [0.05, 0.1) is 31.2 Å². The van der Waals surface area contributed by atoms with E-state index in [0.29, 0.717) is 40.1 Å². The zero-order valence-corrected chi connectivity index (χ0v) is 21.3. The van der Waals surface area contributed by atoms with Crippen LogP contribution >= 0.6 is 23.2 Å². The van der Waals surface area contributed by atoms with Gasteiger partial charge in [0.1, 0.15) is 11.5 Å². The topological polar surface area (TPSA) is 52.5 Å². The third-order valence-electron chi connectivity index (χ3n) is 5.88. The van der Waals surface area contributed by atoms with Crippen molar-refractivity contribution in [2.24, 2.45) is 0 Å². The average molecular weight is 509 g/mol. The quantitative estimate of drug-likeness (QED) is 0.286. The molecule has 0 aliphatic heterocycles. The molecule has 180 valence electrons. The molecule has 0 bridgehead atoms. The number of nitrogens with zero attached hydrogens (tertiary/aromatic N) is 1. The summed E-state index contributed by atoms with van der Waals surface area (Å²) in [6.07, 6.45) is 0.594. The molecule has 0 radical (unpaired) electrons. The van der Waals surface area contributed by atoms with E-state index in [1.165, 1.54) is 0 Å². The van der Waals surface area contributed by atoms with Crippen LogP contribution in [0.5, 0.6) is 11.5 Å². The first-order chi connectivity index (χ1) is 16.9. The molecule has 0 unspecified atom stereocenters. The maximum atomic E-state index is 13.3. The molecular formula is C28H26Cl2N2O3. The molecular weight excluding hydrogens is 483 g/mol. The molecule has 0 spiro atoms. The highest BCUT2D eigenvalue weighted by Crippen LogP contribution is 2.35. The lowest BCUT2D eigenvalue weighted by Gasteiger charge is -2.17. The van der Waals surface area contributed by atoms with E-state index in [1.54, 1.807) is 26.4 Å². The smallest absolute Gasteiger partial charge is 0.253 e. The molecule has 3 aromatic carbocycles. The van der Waals surface area contributed by atoms with Crippen molar-refractivity contribution >= 4 is 29.1 Å². The fourth-order valence-corrected chi connectivity index (χ4v) is 4.57. The first-order valence-corrected chi connectivity index (χ1v) is 11.9. The van der Waals surface area contributed by atoms with Crippen LogP contribution in [0.1, 0.15) is 21.6 Å². The average Bonchev–Trinajstić information content (AvgIpc) is 3.22. The molecule has 1 N–H and O–H groups in total. The van der Waals surface area contributed by atoms with Gasteiger partial charge in [-0.05, 0) is 54.8 Å². The minimum atomic E-state index is -0.162. The number of hydrogen-bond acceptors (Lipinski definition) is 3. The normalized spacial score (nSPS) is 10.8. The first kappa shape index (κ1) is 24.7. The number of carbonyl (C=O) groups is 1. The number of aromatic nitrogens is 1. The Morgan fingerprint density at radius 3 is 2.40 bits per heavy atom. The van der Waals surface area contributed by atoms with Gasteiger partial charge in [-0.1, -0.05) is 59.6 Å². The third-order valence-corrected chi connectivity index (χ3v) is 6.47. The summed E-state index contributed by atoms with van der Waals surface area (Å²) in [6.45, 7) is 2.37. The fraction of sp³-hybridized carbons (Fsp3) is 0.179. The summed E-state index contributed by atoms with van der Waals surface area (Å²) in [7, 11) is 3.25. The lowest BCUT2D eigenvalue weighted by atomic mass is 10.1. The van der Waals surface area contributed by atoms with E-state index in [-0.39, 0.29) is 5.91 Å². The highest BCUT2D eigenvalue weighted by atomic mass is 35.5.